The molecule has 0 saturated carbocycles. The first-order chi connectivity index (χ1) is 7.25. The molecule has 0 aromatic carbocycles. The van der Waals surface area contributed by atoms with Crippen molar-refractivity contribution >= 4 is 5.82 Å². The van der Waals surface area contributed by atoms with Gasteiger partial charge in [0.15, 0.2) is 0 Å². The van der Waals surface area contributed by atoms with E-state index in [1.165, 1.54) is 5.69 Å². The van der Waals surface area contributed by atoms with Crippen molar-refractivity contribution in [1.82, 2.24) is 19.6 Å². The third-order valence-electron chi connectivity index (χ3n) is 2.32. The lowest BCUT2D eigenvalue weighted by Crippen LogP contribution is -2.08. The van der Waals surface area contributed by atoms with Gasteiger partial charge in [0, 0.05) is 51.2 Å². The summed E-state index contributed by atoms with van der Waals surface area (Å²) in [6.45, 7) is 0.872. The second-order valence-corrected chi connectivity index (χ2v) is 3.50. The molecule has 5 nitrogen and oxygen atoms in total. The SMILES string of the molecule is Cn1ccc(NCCc2ccnn2C)n1. The Balaban J connectivity index is 1.83. The third-order valence-corrected chi connectivity index (χ3v) is 2.32. The van der Waals surface area contributed by atoms with Crippen LogP contribution in [-0.4, -0.2) is 26.1 Å². The van der Waals surface area contributed by atoms with Crippen LogP contribution >= 0.6 is 0 Å². The lowest BCUT2D eigenvalue weighted by atomic mass is 10.3. The molecule has 5 heteroatoms. The van der Waals surface area contributed by atoms with Crippen molar-refractivity contribution in [3.63, 3.8) is 0 Å². The molecule has 2 heterocycles. The molecule has 80 valence electrons. The molecule has 0 fully saturated rings. The van der Waals surface area contributed by atoms with Crippen LogP contribution in [0.25, 0.3) is 0 Å². The van der Waals surface area contributed by atoms with Gasteiger partial charge >= 0.3 is 0 Å². The van der Waals surface area contributed by atoms with E-state index in [4.69, 9.17) is 0 Å². The minimum Gasteiger partial charge on any atom is -0.368 e. The first-order valence-corrected chi connectivity index (χ1v) is 4.96. The molecular formula is C10H15N5. The molecular weight excluding hydrogens is 190 g/mol. The Kier molecular flexibility index (Phi) is 2.71. The Bertz CT molecular complexity index is 428. The van der Waals surface area contributed by atoms with E-state index < -0.39 is 0 Å². The fourth-order valence-corrected chi connectivity index (χ4v) is 1.47. The van der Waals surface area contributed by atoms with E-state index in [2.05, 4.69) is 15.5 Å². The Morgan fingerprint density at radius 3 is 2.80 bits per heavy atom. The highest BCUT2D eigenvalue weighted by Gasteiger charge is 1.99. The zero-order chi connectivity index (χ0) is 10.7. The summed E-state index contributed by atoms with van der Waals surface area (Å²) >= 11 is 0. The highest BCUT2D eigenvalue weighted by Crippen LogP contribution is 2.02. The number of aryl methyl sites for hydroxylation is 2. The van der Waals surface area contributed by atoms with Crippen molar-refractivity contribution in [1.29, 1.82) is 0 Å². The van der Waals surface area contributed by atoms with E-state index in [-0.39, 0.29) is 0 Å². The zero-order valence-electron chi connectivity index (χ0n) is 9.01. The molecule has 0 aliphatic heterocycles. The van der Waals surface area contributed by atoms with Crippen LogP contribution in [0.2, 0.25) is 0 Å². The van der Waals surface area contributed by atoms with E-state index in [0.717, 1.165) is 18.8 Å². The molecule has 0 aliphatic rings. The summed E-state index contributed by atoms with van der Waals surface area (Å²) in [7, 11) is 3.86. The lowest BCUT2D eigenvalue weighted by molar-refractivity contribution is 0.709. The Hall–Kier alpha value is -1.78. The van der Waals surface area contributed by atoms with Crippen LogP contribution in [-0.2, 0) is 20.5 Å². The fraction of sp³-hybridized carbons (Fsp3) is 0.400. The lowest BCUT2D eigenvalue weighted by Gasteiger charge is -2.03. The zero-order valence-corrected chi connectivity index (χ0v) is 9.01. The van der Waals surface area contributed by atoms with Gasteiger partial charge in [-0.15, -0.1) is 0 Å². The van der Waals surface area contributed by atoms with Crippen LogP contribution in [0.3, 0.4) is 0 Å². The molecule has 0 amide bonds. The molecule has 0 saturated heterocycles. The van der Waals surface area contributed by atoms with E-state index in [1.807, 2.05) is 43.3 Å². The van der Waals surface area contributed by atoms with Gasteiger partial charge < -0.3 is 5.32 Å². The molecule has 0 radical (unpaired) electrons. The molecule has 0 unspecified atom stereocenters. The maximum atomic E-state index is 4.24. The number of nitrogens with zero attached hydrogens (tertiary/aromatic N) is 4. The number of nitrogens with one attached hydrogen (secondary N) is 1. The van der Waals surface area contributed by atoms with Gasteiger partial charge in [0.25, 0.3) is 0 Å². The maximum Gasteiger partial charge on any atom is 0.147 e. The Morgan fingerprint density at radius 2 is 2.20 bits per heavy atom. The number of anilines is 1. The van der Waals surface area contributed by atoms with Crippen molar-refractivity contribution in [2.75, 3.05) is 11.9 Å². The average molecular weight is 205 g/mol. The van der Waals surface area contributed by atoms with Crippen LogP contribution in [0.15, 0.2) is 24.5 Å². The molecule has 0 bridgehead atoms. The van der Waals surface area contributed by atoms with Gasteiger partial charge in [-0.1, -0.05) is 0 Å². The summed E-state index contributed by atoms with van der Waals surface area (Å²) in [6.07, 6.45) is 4.69. The quantitative estimate of drug-likeness (QED) is 0.803. The molecule has 15 heavy (non-hydrogen) atoms. The van der Waals surface area contributed by atoms with E-state index in [1.54, 1.807) is 4.68 Å². The molecule has 2 rings (SSSR count). The highest BCUT2D eigenvalue weighted by atomic mass is 15.3. The third kappa shape index (κ3) is 2.37. The Labute approximate surface area is 88.7 Å². The summed E-state index contributed by atoms with van der Waals surface area (Å²) < 4.78 is 3.67. The van der Waals surface area contributed by atoms with Crippen LogP contribution < -0.4 is 5.32 Å². The van der Waals surface area contributed by atoms with E-state index >= 15 is 0 Å². The number of hydrogen-bond acceptors (Lipinski definition) is 3. The molecule has 0 spiro atoms. The van der Waals surface area contributed by atoms with Gasteiger partial charge in [0.05, 0.1) is 0 Å². The topological polar surface area (TPSA) is 47.7 Å². The average Bonchev–Trinajstić information content (AvgIpc) is 2.77. The molecule has 1 N–H and O–H groups in total. The van der Waals surface area contributed by atoms with Crippen LogP contribution in [0.1, 0.15) is 5.69 Å². The smallest absolute Gasteiger partial charge is 0.147 e. The van der Waals surface area contributed by atoms with Crippen molar-refractivity contribution in [3.05, 3.63) is 30.2 Å². The summed E-state index contributed by atoms with van der Waals surface area (Å²) in [6, 6.07) is 3.99. The van der Waals surface area contributed by atoms with Gasteiger partial charge in [-0.25, -0.2) is 0 Å². The first kappa shape index (κ1) is 9.76. The van der Waals surface area contributed by atoms with Crippen molar-refractivity contribution < 1.29 is 0 Å². The predicted octanol–water partition coefficient (Wildman–Crippen LogP) is 0.808. The van der Waals surface area contributed by atoms with Gasteiger partial charge in [-0.3, -0.25) is 9.36 Å². The van der Waals surface area contributed by atoms with Crippen molar-refractivity contribution in [2.24, 2.45) is 14.1 Å². The Morgan fingerprint density at radius 1 is 1.33 bits per heavy atom. The van der Waals surface area contributed by atoms with Gasteiger partial charge in [0.2, 0.25) is 0 Å². The van der Waals surface area contributed by atoms with Crippen molar-refractivity contribution in [2.45, 2.75) is 6.42 Å². The fourth-order valence-electron chi connectivity index (χ4n) is 1.47. The second-order valence-electron chi connectivity index (χ2n) is 3.50. The molecule has 0 aliphatic carbocycles. The van der Waals surface area contributed by atoms with Crippen LogP contribution in [0, 0.1) is 0 Å². The molecule has 2 aromatic heterocycles. The van der Waals surface area contributed by atoms with Crippen LogP contribution in [0.4, 0.5) is 5.82 Å². The van der Waals surface area contributed by atoms with Gasteiger partial charge in [-0.05, 0) is 6.07 Å². The summed E-state index contributed by atoms with van der Waals surface area (Å²) in [4.78, 5) is 0. The van der Waals surface area contributed by atoms with Gasteiger partial charge in [0.1, 0.15) is 5.82 Å². The highest BCUT2D eigenvalue weighted by molar-refractivity contribution is 5.32. The minimum absolute atomic E-state index is 0.872. The van der Waals surface area contributed by atoms with E-state index in [0.29, 0.717) is 0 Å². The number of aromatic nitrogens is 4. The predicted molar refractivity (Wildman–Crippen MR) is 58.6 cm³/mol. The first-order valence-electron chi connectivity index (χ1n) is 4.96. The van der Waals surface area contributed by atoms with Gasteiger partial charge in [-0.2, -0.15) is 10.2 Å². The van der Waals surface area contributed by atoms with Crippen molar-refractivity contribution in [3.8, 4) is 0 Å². The number of rotatable bonds is 4. The van der Waals surface area contributed by atoms with E-state index in [9.17, 15) is 0 Å². The van der Waals surface area contributed by atoms with Crippen LogP contribution in [0.5, 0.6) is 0 Å². The monoisotopic (exact) mass is 205 g/mol. The molecule has 0 atom stereocenters. The summed E-state index contributed by atoms with van der Waals surface area (Å²) in [5, 5.41) is 11.6. The minimum atomic E-state index is 0.872. The standard InChI is InChI=1S/C10H15N5/c1-14-8-5-10(13-14)11-6-3-9-4-7-12-15(9)2/h4-5,7-8H,3,6H2,1-2H3,(H,11,13). The summed E-state index contributed by atoms with van der Waals surface area (Å²) in [5.41, 5.74) is 1.22. The second kappa shape index (κ2) is 4.16. The largest absolute Gasteiger partial charge is 0.368 e. The molecule has 2 aromatic rings. The number of hydrogen-bond donors (Lipinski definition) is 1. The maximum absolute atomic E-state index is 4.24. The normalized spacial score (nSPS) is 10.5. The summed E-state index contributed by atoms with van der Waals surface area (Å²) in [5.74, 6) is 0.916.